The molecule has 3 nitrogen and oxygen atoms in total. The molecule has 1 N–H and O–H groups in total. The van der Waals surface area contributed by atoms with E-state index in [1.54, 1.807) is 13.2 Å². The van der Waals surface area contributed by atoms with Gasteiger partial charge in [0.15, 0.2) is 11.6 Å². The Morgan fingerprint density at radius 1 is 1.17 bits per heavy atom. The summed E-state index contributed by atoms with van der Waals surface area (Å²) in [6.07, 6.45) is 0.820. The van der Waals surface area contributed by atoms with Crippen molar-refractivity contribution in [2.24, 2.45) is 0 Å². The van der Waals surface area contributed by atoms with Crippen LogP contribution in [0.4, 0.5) is 8.78 Å². The molecule has 0 saturated heterocycles. The fourth-order valence-electron chi connectivity index (χ4n) is 1.45. The SMILES string of the molecule is COCCOCCCNCc1cccc(F)c1F. The van der Waals surface area contributed by atoms with Gasteiger partial charge in [0.2, 0.25) is 0 Å². The van der Waals surface area contributed by atoms with E-state index in [0.29, 0.717) is 38.5 Å². The minimum atomic E-state index is -0.808. The molecule has 0 aliphatic heterocycles. The highest BCUT2D eigenvalue weighted by atomic mass is 19.2. The standard InChI is InChI=1S/C13H19F2NO2/c1-17-8-9-18-7-3-6-16-10-11-4-2-5-12(14)13(11)15/h2,4-5,16H,3,6-10H2,1H3. The molecule has 1 aromatic rings. The first-order chi connectivity index (χ1) is 8.75. The van der Waals surface area contributed by atoms with Crippen molar-refractivity contribution in [3.8, 4) is 0 Å². The van der Waals surface area contributed by atoms with Crippen molar-refractivity contribution in [3.05, 3.63) is 35.4 Å². The summed E-state index contributed by atoms with van der Waals surface area (Å²) < 4.78 is 36.3. The Balaban J connectivity index is 2.09. The van der Waals surface area contributed by atoms with Crippen LogP contribution in [0, 0.1) is 11.6 Å². The fourth-order valence-corrected chi connectivity index (χ4v) is 1.45. The predicted octanol–water partition coefficient (Wildman–Crippen LogP) is 2.11. The number of ether oxygens (including phenoxy) is 2. The molecule has 0 radical (unpaired) electrons. The molecule has 0 heterocycles. The van der Waals surface area contributed by atoms with Crippen LogP contribution in [-0.2, 0) is 16.0 Å². The molecule has 0 aromatic heterocycles. The zero-order valence-corrected chi connectivity index (χ0v) is 10.5. The molecule has 18 heavy (non-hydrogen) atoms. The molecule has 5 heteroatoms. The summed E-state index contributed by atoms with van der Waals surface area (Å²) in [7, 11) is 1.62. The van der Waals surface area contributed by atoms with Crippen molar-refractivity contribution in [1.29, 1.82) is 0 Å². The fraction of sp³-hybridized carbons (Fsp3) is 0.538. The predicted molar refractivity (Wildman–Crippen MR) is 65.4 cm³/mol. The lowest BCUT2D eigenvalue weighted by Crippen LogP contribution is -2.18. The van der Waals surface area contributed by atoms with E-state index in [-0.39, 0.29) is 0 Å². The van der Waals surface area contributed by atoms with Crippen LogP contribution in [0.15, 0.2) is 18.2 Å². The van der Waals surface area contributed by atoms with Gasteiger partial charge in [0.1, 0.15) is 0 Å². The maximum atomic E-state index is 13.3. The van der Waals surface area contributed by atoms with Crippen LogP contribution >= 0.6 is 0 Å². The molecule has 102 valence electrons. The quantitative estimate of drug-likeness (QED) is 0.689. The second kappa shape index (κ2) is 8.97. The van der Waals surface area contributed by atoms with Gasteiger partial charge >= 0.3 is 0 Å². The van der Waals surface area contributed by atoms with Gasteiger partial charge in [0.25, 0.3) is 0 Å². The minimum absolute atomic E-state index is 0.321. The Hall–Kier alpha value is -1.04. The Kier molecular flexibility index (Phi) is 7.48. The Morgan fingerprint density at radius 3 is 2.78 bits per heavy atom. The first-order valence-corrected chi connectivity index (χ1v) is 5.96. The van der Waals surface area contributed by atoms with Crippen LogP contribution in [0.2, 0.25) is 0 Å². The van der Waals surface area contributed by atoms with Gasteiger partial charge in [-0.3, -0.25) is 0 Å². The number of halogens is 2. The largest absolute Gasteiger partial charge is 0.382 e. The Bertz CT molecular complexity index is 348. The highest BCUT2D eigenvalue weighted by Crippen LogP contribution is 2.10. The third-order valence-corrected chi connectivity index (χ3v) is 2.42. The number of methoxy groups -OCH3 is 1. The molecule has 0 amide bonds. The van der Waals surface area contributed by atoms with Crippen molar-refractivity contribution < 1.29 is 18.3 Å². The summed E-state index contributed by atoms with van der Waals surface area (Å²) in [6.45, 7) is 2.81. The first kappa shape index (κ1) is 15.0. The molecular weight excluding hydrogens is 240 g/mol. The van der Waals surface area contributed by atoms with Gasteiger partial charge in [-0.1, -0.05) is 12.1 Å². The van der Waals surface area contributed by atoms with E-state index in [4.69, 9.17) is 9.47 Å². The minimum Gasteiger partial charge on any atom is -0.382 e. The number of hydrogen-bond acceptors (Lipinski definition) is 3. The third-order valence-electron chi connectivity index (χ3n) is 2.42. The normalized spacial score (nSPS) is 10.8. The summed E-state index contributed by atoms with van der Waals surface area (Å²) in [5, 5.41) is 3.04. The van der Waals surface area contributed by atoms with Crippen LogP contribution in [0.3, 0.4) is 0 Å². The molecule has 0 bridgehead atoms. The van der Waals surface area contributed by atoms with Crippen molar-refractivity contribution in [2.75, 3.05) is 33.5 Å². The van der Waals surface area contributed by atoms with Crippen molar-refractivity contribution >= 4 is 0 Å². The highest BCUT2D eigenvalue weighted by Gasteiger charge is 2.06. The van der Waals surface area contributed by atoms with Gasteiger partial charge < -0.3 is 14.8 Å². The smallest absolute Gasteiger partial charge is 0.163 e. The topological polar surface area (TPSA) is 30.5 Å². The number of hydrogen-bond donors (Lipinski definition) is 1. The molecule has 0 spiro atoms. The molecule has 0 aliphatic rings. The molecule has 0 unspecified atom stereocenters. The highest BCUT2D eigenvalue weighted by molar-refractivity contribution is 5.18. The molecule has 0 saturated carbocycles. The van der Waals surface area contributed by atoms with E-state index >= 15 is 0 Å². The maximum Gasteiger partial charge on any atom is 0.163 e. The van der Waals surface area contributed by atoms with E-state index in [1.165, 1.54) is 6.07 Å². The van der Waals surface area contributed by atoms with E-state index in [1.807, 2.05) is 0 Å². The zero-order chi connectivity index (χ0) is 13.2. The third kappa shape index (κ3) is 5.53. The van der Waals surface area contributed by atoms with Crippen LogP contribution in [-0.4, -0.2) is 33.5 Å². The Labute approximate surface area is 106 Å². The van der Waals surface area contributed by atoms with Crippen LogP contribution in [0.5, 0.6) is 0 Å². The van der Waals surface area contributed by atoms with E-state index in [0.717, 1.165) is 12.5 Å². The van der Waals surface area contributed by atoms with Crippen LogP contribution in [0.25, 0.3) is 0 Å². The average Bonchev–Trinajstić information content (AvgIpc) is 2.37. The number of nitrogens with one attached hydrogen (secondary N) is 1. The van der Waals surface area contributed by atoms with Crippen molar-refractivity contribution in [1.82, 2.24) is 5.32 Å². The van der Waals surface area contributed by atoms with Gasteiger partial charge in [-0.05, 0) is 19.0 Å². The van der Waals surface area contributed by atoms with Gasteiger partial charge in [0.05, 0.1) is 13.2 Å². The summed E-state index contributed by atoms with van der Waals surface area (Å²) in [6, 6.07) is 4.19. The summed E-state index contributed by atoms with van der Waals surface area (Å²) in [4.78, 5) is 0. The number of rotatable bonds is 9. The molecule has 1 aromatic carbocycles. The summed E-state index contributed by atoms with van der Waals surface area (Å²) in [5.41, 5.74) is 0.343. The monoisotopic (exact) mass is 259 g/mol. The van der Waals surface area contributed by atoms with E-state index in [2.05, 4.69) is 5.32 Å². The second-order valence-corrected chi connectivity index (χ2v) is 3.85. The lowest BCUT2D eigenvalue weighted by atomic mass is 10.2. The van der Waals surface area contributed by atoms with E-state index in [9.17, 15) is 8.78 Å². The zero-order valence-electron chi connectivity index (χ0n) is 10.5. The van der Waals surface area contributed by atoms with Crippen molar-refractivity contribution in [3.63, 3.8) is 0 Å². The first-order valence-electron chi connectivity index (χ1n) is 5.96. The van der Waals surface area contributed by atoms with Crippen LogP contribution in [0.1, 0.15) is 12.0 Å². The molecule has 0 aliphatic carbocycles. The molecular formula is C13H19F2NO2. The molecule has 0 fully saturated rings. The number of benzene rings is 1. The van der Waals surface area contributed by atoms with Gasteiger partial charge in [-0.2, -0.15) is 0 Å². The van der Waals surface area contributed by atoms with Crippen LogP contribution < -0.4 is 5.32 Å². The van der Waals surface area contributed by atoms with Gasteiger partial charge in [-0.25, -0.2) is 8.78 Å². The molecule has 0 atom stereocenters. The molecule has 1 rings (SSSR count). The summed E-state index contributed by atoms with van der Waals surface area (Å²) in [5.74, 6) is -1.58. The summed E-state index contributed by atoms with van der Waals surface area (Å²) >= 11 is 0. The van der Waals surface area contributed by atoms with Gasteiger partial charge in [-0.15, -0.1) is 0 Å². The van der Waals surface area contributed by atoms with Crippen molar-refractivity contribution in [2.45, 2.75) is 13.0 Å². The van der Waals surface area contributed by atoms with E-state index < -0.39 is 11.6 Å². The van der Waals surface area contributed by atoms with Gasteiger partial charge in [0, 0.05) is 25.8 Å². The Morgan fingerprint density at radius 2 is 2.00 bits per heavy atom. The maximum absolute atomic E-state index is 13.3. The lowest BCUT2D eigenvalue weighted by molar-refractivity contribution is 0.0694. The lowest BCUT2D eigenvalue weighted by Gasteiger charge is -2.07. The average molecular weight is 259 g/mol. The second-order valence-electron chi connectivity index (χ2n) is 3.85.